The van der Waals surface area contributed by atoms with E-state index in [9.17, 15) is 4.79 Å². The molecule has 0 aliphatic carbocycles. The van der Waals surface area contributed by atoms with Crippen LogP contribution in [0.4, 0.5) is 0 Å². The average molecular weight is 321 g/mol. The molecule has 0 bridgehead atoms. The van der Waals surface area contributed by atoms with Crippen molar-refractivity contribution in [1.29, 1.82) is 0 Å². The summed E-state index contributed by atoms with van der Waals surface area (Å²) in [5.41, 5.74) is 3.25. The molecule has 124 valence electrons. The third-order valence-corrected chi connectivity index (χ3v) is 4.09. The Bertz CT molecular complexity index is 808. The second-order valence-corrected chi connectivity index (χ2v) is 5.94. The lowest BCUT2D eigenvalue weighted by Crippen LogP contribution is -2.28. The predicted octanol–water partition coefficient (Wildman–Crippen LogP) is 3.35. The van der Waals surface area contributed by atoms with Gasteiger partial charge < -0.3 is 9.88 Å². The summed E-state index contributed by atoms with van der Waals surface area (Å²) in [7, 11) is 0. The first-order chi connectivity index (χ1) is 11.8. The molecule has 1 amide bonds. The molecule has 4 nitrogen and oxygen atoms in total. The van der Waals surface area contributed by atoms with Gasteiger partial charge in [-0.1, -0.05) is 49.4 Å². The molecule has 1 heterocycles. The number of hydrogen-bond acceptors (Lipinski definition) is 2. The average Bonchev–Trinajstić information content (AvgIpc) is 2.97. The molecule has 0 saturated heterocycles. The van der Waals surface area contributed by atoms with Crippen LogP contribution in [0.25, 0.3) is 11.0 Å². The van der Waals surface area contributed by atoms with E-state index in [1.165, 1.54) is 5.56 Å². The summed E-state index contributed by atoms with van der Waals surface area (Å²) in [6, 6.07) is 18.4. The molecular formula is C20H23N3O. The second-order valence-electron chi connectivity index (χ2n) is 5.94. The number of benzene rings is 2. The molecule has 0 fully saturated rings. The molecule has 0 aliphatic rings. The summed E-state index contributed by atoms with van der Waals surface area (Å²) in [6.07, 6.45) is 2.68. The van der Waals surface area contributed by atoms with Crippen molar-refractivity contribution >= 4 is 16.9 Å². The van der Waals surface area contributed by atoms with E-state index in [0.717, 1.165) is 36.1 Å². The summed E-state index contributed by atoms with van der Waals surface area (Å²) in [4.78, 5) is 16.9. The van der Waals surface area contributed by atoms with Crippen molar-refractivity contribution < 1.29 is 4.79 Å². The summed E-state index contributed by atoms with van der Waals surface area (Å²) in [5, 5.41) is 2.95. The Hall–Kier alpha value is -2.62. The van der Waals surface area contributed by atoms with Gasteiger partial charge in [-0.05, 0) is 30.5 Å². The van der Waals surface area contributed by atoms with Crippen molar-refractivity contribution in [2.75, 3.05) is 6.54 Å². The van der Waals surface area contributed by atoms with Crippen molar-refractivity contribution in [3.63, 3.8) is 0 Å². The van der Waals surface area contributed by atoms with Crippen molar-refractivity contribution in [3.05, 3.63) is 66.0 Å². The highest BCUT2D eigenvalue weighted by Gasteiger charge is 2.13. The molecule has 0 atom stereocenters. The largest absolute Gasteiger partial charge is 0.355 e. The molecule has 4 heteroatoms. The minimum Gasteiger partial charge on any atom is -0.355 e. The van der Waals surface area contributed by atoms with Gasteiger partial charge in [0.05, 0.1) is 11.0 Å². The molecular weight excluding hydrogens is 298 g/mol. The van der Waals surface area contributed by atoms with Crippen molar-refractivity contribution in [3.8, 4) is 0 Å². The first-order valence-electron chi connectivity index (χ1n) is 8.52. The van der Waals surface area contributed by atoms with E-state index < -0.39 is 0 Å². The van der Waals surface area contributed by atoms with Gasteiger partial charge in [-0.2, -0.15) is 0 Å². The number of nitrogens with zero attached hydrogens (tertiary/aromatic N) is 2. The minimum atomic E-state index is 0.0426. The third-order valence-electron chi connectivity index (χ3n) is 4.09. The fourth-order valence-corrected chi connectivity index (χ4v) is 2.86. The molecule has 0 unspecified atom stereocenters. The maximum absolute atomic E-state index is 12.2. The number of imidazole rings is 1. The van der Waals surface area contributed by atoms with Gasteiger partial charge in [0, 0.05) is 13.0 Å². The van der Waals surface area contributed by atoms with E-state index in [4.69, 9.17) is 4.98 Å². The van der Waals surface area contributed by atoms with Crippen LogP contribution in [0.1, 0.15) is 24.7 Å². The molecule has 1 N–H and O–H groups in total. The zero-order valence-electron chi connectivity index (χ0n) is 14.0. The van der Waals surface area contributed by atoms with Crippen LogP contribution in [0.3, 0.4) is 0 Å². The molecule has 2 aromatic carbocycles. The Morgan fingerprint density at radius 2 is 1.79 bits per heavy atom. The highest BCUT2D eigenvalue weighted by molar-refractivity contribution is 5.81. The van der Waals surface area contributed by atoms with Gasteiger partial charge in [-0.15, -0.1) is 0 Å². The first-order valence-corrected chi connectivity index (χ1v) is 8.52. The lowest BCUT2D eigenvalue weighted by atomic mass is 10.1. The normalized spacial score (nSPS) is 10.9. The van der Waals surface area contributed by atoms with Crippen molar-refractivity contribution in [1.82, 2.24) is 14.9 Å². The van der Waals surface area contributed by atoms with Crippen molar-refractivity contribution in [2.24, 2.45) is 0 Å². The maximum atomic E-state index is 12.2. The molecule has 0 radical (unpaired) electrons. The first kappa shape index (κ1) is 16.2. The monoisotopic (exact) mass is 321 g/mol. The van der Waals surface area contributed by atoms with Gasteiger partial charge >= 0.3 is 0 Å². The highest BCUT2D eigenvalue weighted by Crippen LogP contribution is 2.17. The molecule has 0 spiro atoms. The smallest absolute Gasteiger partial charge is 0.240 e. The van der Waals surface area contributed by atoms with Crippen LogP contribution >= 0.6 is 0 Å². The number of aromatic nitrogens is 2. The van der Waals surface area contributed by atoms with E-state index in [1.807, 2.05) is 34.9 Å². The van der Waals surface area contributed by atoms with Gasteiger partial charge in [0.2, 0.25) is 5.91 Å². The van der Waals surface area contributed by atoms with Crippen LogP contribution in [-0.2, 0) is 24.2 Å². The summed E-state index contributed by atoms with van der Waals surface area (Å²) in [6.45, 7) is 3.09. The molecule has 24 heavy (non-hydrogen) atoms. The number of aryl methyl sites for hydroxylation is 2. The van der Waals surface area contributed by atoms with Crippen LogP contribution in [0, 0.1) is 0 Å². The predicted molar refractivity (Wildman–Crippen MR) is 96.9 cm³/mol. The van der Waals surface area contributed by atoms with Crippen LogP contribution in [-0.4, -0.2) is 22.0 Å². The topological polar surface area (TPSA) is 46.9 Å². The zero-order chi connectivity index (χ0) is 16.8. The fourth-order valence-electron chi connectivity index (χ4n) is 2.86. The molecule has 0 saturated carbocycles. The lowest BCUT2D eigenvalue weighted by Gasteiger charge is -2.10. The Kier molecular flexibility index (Phi) is 5.26. The Morgan fingerprint density at radius 3 is 2.58 bits per heavy atom. The van der Waals surface area contributed by atoms with Gasteiger partial charge in [-0.25, -0.2) is 4.98 Å². The summed E-state index contributed by atoms with van der Waals surface area (Å²) in [5.74, 6) is 1.01. The Morgan fingerprint density at radius 1 is 1.04 bits per heavy atom. The van der Waals surface area contributed by atoms with Gasteiger partial charge in [0.25, 0.3) is 0 Å². The quantitative estimate of drug-likeness (QED) is 0.725. The lowest BCUT2D eigenvalue weighted by molar-refractivity contribution is -0.121. The number of carbonyl (C=O) groups excluding carboxylic acids is 1. The van der Waals surface area contributed by atoms with Crippen LogP contribution in [0.15, 0.2) is 54.6 Å². The van der Waals surface area contributed by atoms with Gasteiger partial charge in [0.15, 0.2) is 0 Å². The van der Waals surface area contributed by atoms with E-state index in [0.29, 0.717) is 13.1 Å². The zero-order valence-corrected chi connectivity index (χ0v) is 14.0. The minimum absolute atomic E-state index is 0.0426. The Balaban J connectivity index is 1.83. The number of fused-ring (bicyclic) bond motifs is 1. The number of amides is 1. The molecule has 3 rings (SSSR count). The van der Waals surface area contributed by atoms with E-state index in [2.05, 4.69) is 36.5 Å². The number of rotatable bonds is 7. The number of hydrogen-bond donors (Lipinski definition) is 1. The molecule has 3 aromatic rings. The van der Waals surface area contributed by atoms with E-state index in [-0.39, 0.29) is 5.91 Å². The van der Waals surface area contributed by atoms with Crippen LogP contribution in [0.2, 0.25) is 0 Å². The standard InChI is InChI=1S/C20H23N3O/c1-2-14-21-20(24)15-23-18-11-7-6-10-17(18)22-19(23)13-12-16-8-4-3-5-9-16/h3-11H,2,12-15H2,1H3,(H,21,24). The third kappa shape index (κ3) is 3.82. The number of para-hydroxylation sites is 2. The van der Waals surface area contributed by atoms with Crippen LogP contribution in [0.5, 0.6) is 0 Å². The summed E-state index contributed by atoms with van der Waals surface area (Å²) < 4.78 is 2.04. The Labute approximate surface area is 142 Å². The fraction of sp³-hybridized carbons (Fsp3) is 0.300. The molecule has 1 aromatic heterocycles. The summed E-state index contributed by atoms with van der Waals surface area (Å²) >= 11 is 0. The number of nitrogens with one attached hydrogen (secondary N) is 1. The highest BCUT2D eigenvalue weighted by atomic mass is 16.1. The number of carbonyl (C=O) groups is 1. The van der Waals surface area contributed by atoms with Crippen molar-refractivity contribution in [2.45, 2.75) is 32.7 Å². The van der Waals surface area contributed by atoms with E-state index in [1.54, 1.807) is 0 Å². The maximum Gasteiger partial charge on any atom is 0.240 e. The second kappa shape index (κ2) is 7.77. The van der Waals surface area contributed by atoms with E-state index >= 15 is 0 Å². The van der Waals surface area contributed by atoms with Gasteiger partial charge in [-0.3, -0.25) is 4.79 Å². The van der Waals surface area contributed by atoms with Gasteiger partial charge in [0.1, 0.15) is 12.4 Å². The molecule has 0 aliphatic heterocycles. The van der Waals surface area contributed by atoms with Crippen LogP contribution < -0.4 is 5.32 Å². The SMILES string of the molecule is CCCNC(=O)Cn1c(CCc2ccccc2)nc2ccccc21.